The van der Waals surface area contributed by atoms with Crippen molar-refractivity contribution >= 4 is 40.0 Å². The van der Waals surface area contributed by atoms with Gasteiger partial charge in [0.2, 0.25) is 5.84 Å². The van der Waals surface area contributed by atoms with E-state index in [0.29, 0.717) is 16.4 Å². The molecule has 1 amide bonds. The smallest absolute Gasteiger partial charge is 0.251 e. The molecule has 2 aromatic carbocycles. The molecule has 0 aliphatic rings. The number of carbonyl (C=O) groups excluding carboxylic acids is 1. The van der Waals surface area contributed by atoms with Gasteiger partial charge in [0, 0.05) is 11.6 Å². The molecule has 0 fully saturated rings. The molecule has 0 radical (unpaired) electrons. The number of thiazole rings is 1. The van der Waals surface area contributed by atoms with Crippen LogP contribution < -0.4 is 5.32 Å². The quantitative estimate of drug-likeness (QED) is 0.326. The van der Waals surface area contributed by atoms with Crippen molar-refractivity contribution < 1.29 is 24.2 Å². The number of benzene rings is 2. The second-order valence-corrected chi connectivity index (χ2v) is 7.02. The molecule has 0 aliphatic carbocycles. The second-order valence-electron chi connectivity index (χ2n) is 5.99. The Morgan fingerprint density at radius 2 is 2.03 bits per heavy atom. The SMILES string of the molecule is C=N/C(=N\OC)c1nc2ccc(O)cc2s1.CC(CO)NC(=O)c1ccc(F)cc1. The summed E-state index contributed by atoms with van der Waals surface area (Å²) in [7, 11) is 1.43. The van der Waals surface area contributed by atoms with Crippen LogP contribution in [0.25, 0.3) is 10.2 Å². The Kier molecular flexibility index (Phi) is 8.39. The van der Waals surface area contributed by atoms with Crippen molar-refractivity contribution in [2.24, 2.45) is 10.1 Å². The highest BCUT2D eigenvalue weighted by Crippen LogP contribution is 2.26. The molecule has 0 saturated carbocycles. The number of phenols is 1. The van der Waals surface area contributed by atoms with Crippen molar-refractivity contribution in [1.82, 2.24) is 10.3 Å². The van der Waals surface area contributed by atoms with Crippen molar-refractivity contribution in [2.45, 2.75) is 13.0 Å². The third-order valence-electron chi connectivity index (χ3n) is 3.65. The highest BCUT2D eigenvalue weighted by molar-refractivity contribution is 7.20. The van der Waals surface area contributed by atoms with Gasteiger partial charge in [0.05, 0.1) is 16.8 Å². The van der Waals surface area contributed by atoms with E-state index in [1.54, 1.807) is 25.1 Å². The molecule has 1 heterocycles. The van der Waals surface area contributed by atoms with Crippen LogP contribution in [0.3, 0.4) is 0 Å². The zero-order chi connectivity index (χ0) is 22.1. The Morgan fingerprint density at radius 3 is 2.63 bits per heavy atom. The largest absolute Gasteiger partial charge is 0.508 e. The number of hydrogen-bond acceptors (Lipinski definition) is 7. The predicted octanol–water partition coefficient (Wildman–Crippen LogP) is 2.95. The van der Waals surface area contributed by atoms with Gasteiger partial charge in [-0.1, -0.05) is 5.16 Å². The first-order chi connectivity index (χ1) is 14.4. The van der Waals surface area contributed by atoms with Gasteiger partial charge in [-0.25, -0.2) is 14.4 Å². The molecule has 10 heteroatoms. The Morgan fingerprint density at radius 1 is 1.33 bits per heavy atom. The number of aromatic hydroxyl groups is 1. The van der Waals surface area contributed by atoms with E-state index in [1.165, 1.54) is 42.7 Å². The summed E-state index contributed by atoms with van der Waals surface area (Å²) >= 11 is 1.37. The van der Waals surface area contributed by atoms with Gasteiger partial charge in [-0.2, -0.15) is 0 Å². The highest BCUT2D eigenvalue weighted by atomic mass is 32.1. The maximum Gasteiger partial charge on any atom is 0.251 e. The molecule has 0 spiro atoms. The maximum absolute atomic E-state index is 12.5. The molecule has 0 bridgehead atoms. The van der Waals surface area contributed by atoms with Crippen LogP contribution in [0.5, 0.6) is 5.75 Å². The van der Waals surface area contributed by atoms with Gasteiger partial charge in [0.25, 0.3) is 5.91 Å². The highest BCUT2D eigenvalue weighted by Gasteiger charge is 2.10. The molecule has 3 rings (SSSR count). The first-order valence-corrected chi connectivity index (χ1v) is 9.54. The monoisotopic (exact) mass is 432 g/mol. The number of aliphatic imine (C=N–C) groups is 1. The van der Waals surface area contributed by atoms with Gasteiger partial charge >= 0.3 is 0 Å². The summed E-state index contributed by atoms with van der Waals surface area (Å²) < 4.78 is 13.4. The summed E-state index contributed by atoms with van der Waals surface area (Å²) in [6.07, 6.45) is 0. The number of nitrogens with zero attached hydrogens (tertiary/aromatic N) is 3. The number of nitrogens with one attached hydrogen (secondary N) is 1. The van der Waals surface area contributed by atoms with Crippen LogP contribution in [-0.4, -0.2) is 53.4 Å². The summed E-state index contributed by atoms with van der Waals surface area (Å²) in [5, 5.41) is 24.9. The number of aliphatic hydroxyl groups excluding tert-OH is 1. The molecule has 30 heavy (non-hydrogen) atoms. The lowest BCUT2D eigenvalue weighted by molar-refractivity contribution is 0.0922. The van der Waals surface area contributed by atoms with Gasteiger partial charge in [-0.15, -0.1) is 11.3 Å². The number of aliphatic hydroxyl groups is 1. The van der Waals surface area contributed by atoms with Gasteiger partial charge < -0.3 is 20.4 Å². The Hall–Kier alpha value is -3.37. The molecule has 1 aromatic heterocycles. The maximum atomic E-state index is 12.5. The van der Waals surface area contributed by atoms with E-state index in [-0.39, 0.29) is 30.1 Å². The van der Waals surface area contributed by atoms with Crippen LogP contribution in [-0.2, 0) is 4.84 Å². The number of rotatable bonds is 5. The van der Waals surface area contributed by atoms with Crippen molar-refractivity contribution in [3.8, 4) is 5.75 Å². The Labute approximate surface area is 176 Å². The number of carbonyl (C=O) groups is 1. The normalized spacial score (nSPS) is 11.9. The zero-order valence-electron chi connectivity index (χ0n) is 16.4. The summed E-state index contributed by atoms with van der Waals surface area (Å²) in [5.41, 5.74) is 1.16. The van der Waals surface area contributed by atoms with E-state index in [4.69, 9.17) is 5.11 Å². The topological polar surface area (TPSA) is 116 Å². The van der Waals surface area contributed by atoms with Crippen LogP contribution in [0, 0.1) is 5.82 Å². The van der Waals surface area contributed by atoms with Crippen molar-refractivity contribution in [2.75, 3.05) is 13.7 Å². The van der Waals surface area contributed by atoms with Crippen molar-refractivity contribution in [3.63, 3.8) is 0 Å². The van der Waals surface area contributed by atoms with Crippen LogP contribution in [0.2, 0.25) is 0 Å². The van der Waals surface area contributed by atoms with Crippen molar-refractivity contribution in [3.05, 3.63) is 58.9 Å². The summed E-state index contributed by atoms with van der Waals surface area (Å²) in [6.45, 7) is 4.96. The lowest BCUT2D eigenvalue weighted by Crippen LogP contribution is -2.34. The average molecular weight is 432 g/mol. The minimum absolute atomic E-state index is 0.118. The van der Waals surface area contributed by atoms with Gasteiger partial charge in [-0.05, 0) is 56.1 Å². The summed E-state index contributed by atoms with van der Waals surface area (Å²) in [5.74, 6) is -0.147. The fourth-order valence-electron chi connectivity index (χ4n) is 2.18. The second kappa shape index (κ2) is 11.0. The third-order valence-corrected chi connectivity index (χ3v) is 4.66. The third kappa shape index (κ3) is 6.33. The lowest BCUT2D eigenvalue weighted by Gasteiger charge is -2.10. The van der Waals surface area contributed by atoms with E-state index in [1.807, 2.05) is 0 Å². The van der Waals surface area contributed by atoms with E-state index in [9.17, 15) is 14.3 Å². The fraction of sp³-hybridized carbons (Fsp3) is 0.200. The minimum Gasteiger partial charge on any atom is -0.508 e. The number of hydrogen-bond donors (Lipinski definition) is 3. The molecule has 0 saturated heterocycles. The van der Waals surface area contributed by atoms with E-state index in [0.717, 1.165) is 10.2 Å². The van der Waals surface area contributed by atoms with E-state index in [2.05, 4.69) is 32.0 Å². The van der Waals surface area contributed by atoms with Crippen LogP contribution in [0.15, 0.2) is 52.6 Å². The zero-order valence-corrected chi connectivity index (χ0v) is 17.2. The van der Waals surface area contributed by atoms with Crippen LogP contribution in [0.1, 0.15) is 22.3 Å². The Bertz CT molecular complexity index is 1040. The molecule has 1 atom stereocenters. The average Bonchev–Trinajstić information content (AvgIpc) is 3.15. The lowest BCUT2D eigenvalue weighted by atomic mass is 10.2. The number of fused-ring (bicyclic) bond motifs is 1. The number of halogens is 1. The number of amides is 1. The minimum atomic E-state index is -0.378. The molecule has 3 N–H and O–H groups in total. The molecule has 8 nitrogen and oxygen atoms in total. The Balaban J connectivity index is 0.000000216. The molecule has 0 aliphatic heterocycles. The van der Waals surface area contributed by atoms with Crippen LogP contribution >= 0.6 is 11.3 Å². The number of aromatic nitrogens is 1. The number of phenolic OH excluding ortho intramolecular Hbond substituents is 1. The molecular weight excluding hydrogens is 411 g/mol. The van der Waals surface area contributed by atoms with E-state index >= 15 is 0 Å². The van der Waals surface area contributed by atoms with Crippen molar-refractivity contribution in [1.29, 1.82) is 0 Å². The standard InChI is InChI=1S/C10H12FNO2.C10H9N3O2S/c1-7(6-13)12-10(14)8-2-4-9(11)5-3-8;1-11-9(13-15-2)10-12-7-4-3-6(14)5-8(7)16-10/h2-5,7,13H,6H2,1H3,(H,12,14);3-5,14H,1H2,2H3/b;13-9-. The summed E-state index contributed by atoms with van der Waals surface area (Å²) in [4.78, 5) is 24.1. The molecular formula is C20H21FN4O4S. The summed E-state index contributed by atoms with van der Waals surface area (Å²) in [6, 6.07) is 9.90. The van der Waals surface area contributed by atoms with Gasteiger partial charge in [0.15, 0.2) is 5.01 Å². The van der Waals surface area contributed by atoms with E-state index < -0.39 is 0 Å². The first-order valence-electron chi connectivity index (χ1n) is 8.73. The molecule has 158 valence electrons. The number of amidine groups is 1. The van der Waals surface area contributed by atoms with Crippen LogP contribution in [0.4, 0.5) is 4.39 Å². The van der Waals surface area contributed by atoms with Gasteiger partial charge in [-0.3, -0.25) is 4.79 Å². The number of oxime groups is 1. The molecule has 3 aromatic rings. The fourth-order valence-corrected chi connectivity index (χ4v) is 3.13. The predicted molar refractivity (Wildman–Crippen MR) is 115 cm³/mol. The van der Waals surface area contributed by atoms with Gasteiger partial charge in [0.1, 0.15) is 18.7 Å². The first kappa shape index (κ1) is 22.9. The molecule has 1 unspecified atom stereocenters.